The summed E-state index contributed by atoms with van der Waals surface area (Å²) in [6.07, 6.45) is 0. The van der Waals surface area contributed by atoms with Crippen molar-refractivity contribution in [1.29, 1.82) is 0 Å². The fourth-order valence-corrected chi connectivity index (χ4v) is 3.03. The Morgan fingerprint density at radius 2 is 1.92 bits per heavy atom. The molecule has 1 aliphatic rings. The lowest BCUT2D eigenvalue weighted by atomic mass is 10.1. The molecular formula is C20H19NO5. The van der Waals surface area contributed by atoms with Crippen molar-refractivity contribution in [2.45, 2.75) is 13.2 Å². The number of fused-ring (bicyclic) bond motifs is 2. The average molecular weight is 353 g/mol. The summed E-state index contributed by atoms with van der Waals surface area (Å²) >= 11 is 0. The van der Waals surface area contributed by atoms with E-state index < -0.39 is 0 Å². The molecule has 2 heterocycles. The van der Waals surface area contributed by atoms with Gasteiger partial charge in [0.25, 0.3) is 5.91 Å². The zero-order valence-electron chi connectivity index (χ0n) is 14.4. The highest BCUT2D eigenvalue weighted by Gasteiger charge is 2.20. The zero-order chi connectivity index (χ0) is 17.9. The van der Waals surface area contributed by atoms with E-state index in [4.69, 9.17) is 18.6 Å². The lowest BCUT2D eigenvalue weighted by Crippen LogP contribution is -2.23. The first-order valence-electron chi connectivity index (χ1n) is 8.42. The molecule has 0 saturated heterocycles. The molecule has 0 fully saturated rings. The van der Waals surface area contributed by atoms with Crippen LogP contribution in [-0.2, 0) is 17.9 Å². The van der Waals surface area contributed by atoms with E-state index in [1.54, 1.807) is 7.11 Å². The number of nitrogens with one attached hydrogen (secondary N) is 1. The minimum absolute atomic E-state index is 0.275. The fraction of sp³-hybridized carbons (Fsp3) is 0.250. The largest absolute Gasteiger partial charge is 0.486 e. The maximum absolute atomic E-state index is 12.7. The summed E-state index contributed by atoms with van der Waals surface area (Å²) in [5, 5.41) is 3.79. The van der Waals surface area contributed by atoms with E-state index >= 15 is 0 Å². The third-order valence-corrected chi connectivity index (χ3v) is 4.25. The Morgan fingerprint density at radius 3 is 2.77 bits per heavy atom. The van der Waals surface area contributed by atoms with Crippen LogP contribution in [0.5, 0.6) is 11.5 Å². The topological polar surface area (TPSA) is 69.9 Å². The van der Waals surface area contributed by atoms with Gasteiger partial charge in [-0.15, -0.1) is 0 Å². The monoisotopic (exact) mass is 353 g/mol. The zero-order valence-corrected chi connectivity index (χ0v) is 14.4. The van der Waals surface area contributed by atoms with Gasteiger partial charge in [-0.3, -0.25) is 4.79 Å². The van der Waals surface area contributed by atoms with Crippen molar-refractivity contribution in [3.63, 3.8) is 0 Å². The lowest BCUT2D eigenvalue weighted by molar-refractivity contribution is 0.0918. The highest BCUT2D eigenvalue weighted by atomic mass is 16.6. The van der Waals surface area contributed by atoms with Gasteiger partial charge < -0.3 is 23.9 Å². The van der Waals surface area contributed by atoms with Crippen LogP contribution in [-0.4, -0.2) is 26.2 Å². The predicted octanol–water partition coefficient (Wildman–Crippen LogP) is 3.28. The SMILES string of the molecule is COCc1c(C(=O)NCc2ccc3c(c2)OCCO3)oc2ccccc12. The highest BCUT2D eigenvalue weighted by Crippen LogP contribution is 2.31. The molecule has 0 radical (unpaired) electrons. The summed E-state index contributed by atoms with van der Waals surface area (Å²) in [7, 11) is 1.60. The first-order valence-corrected chi connectivity index (χ1v) is 8.42. The number of rotatable bonds is 5. The molecule has 1 aromatic heterocycles. The van der Waals surface area contributed by atoms with Crippen LogP contribution < -0.4 is 14.8 Å². The van der Waals surface area contributed by atoms with E-state index in [-0.39, 0.29) is 11.7 Å². The van der Waals surface area contributed by atoms with Gasteiger partial charge in [-0.2, -0.15) is 0 Å². The molecular weight excluding hydrogens is 334 g/mol. The van der Waals surface area contributed by atoms with Crippen LogP contribution in [0.4, 0.5) is 0 Å². The molecule has 4 rings (SSSR count). The Kier molecular flexibility index (Phi) is 4.50. The number of amides is 1. The summed E-state index contributed by atoms with van der Waals surface area (Å²) in [6.45, 7) is 1.75. The first kappa shape index (κ1) is 16.5. The minimum atomic E-state index is -0.275. The van der Waals surface area contributed by atoms with Crippen molar-refractivity contribution in [3.8, 4) is 11.5 Å². The van der Waals surface area contributed by atoms with E-state index in [0.717, 1.165) is 22.3 Å². The molecule has 134 valence electrons. The fourth-order valence-electron chi connectivity index (χ4n) is 3.03. The molecule has 0 unspecified atom stereocenters. The van der Waals surface area contributed by atoms with Gasteiger partial charge in [0.05, 0.1) is 6.61 Å². The van der Waals surface area contributed by atoms with Crippen LogP contribution >= 0.6 is 0 Å². The van der Waals surface area contributed by atoms with Gasteiger partial charge in [-0.25, -0.2) is 0 Å². The van der Waals surface area contributed by atoms with Crippen molar-refractivity contribution < 1.29 is 23.4 Å². The van der Waals surface area contributed by atoms with E-state index in [0.29, 0.717) is 37.7 Å². The number of hydrogen-bond donors (Lipinski definition) is 1. The summed E-state index contributed by atoms with van der Waals surface area (Å²) in [5.74, 6) is 1.44. The number of carbonyl (C=O) groups excluding carboxylic acids is 1. The van der Waals surface area contributed by atoms with Gasteiger partial charge >= 0.3 is 0 Å². The molecule has 0 atom stereocenters. The summed E-state index contributed by atoms with van der Waals surface area (Å²) in [5.41, 5.74) is 2.35. The van der Waals surface area contributed by atoms with Gasteiger partial charge in [0.15, 0.2) is 17.3 Å². The quantitative estimate of drug-likeness (QED) is 0.762. The Balaban J connectivity index is 1.53. The van der Waals surface area contributed by atoms with E-state index in [1.807, 2.05) is 42.5 Å². The molecule has 26 heavy (non-hydrogen) atoms. The number of benzene rings is 2. The van der Waals surface area contributed by atoms with Crippen LogP contribution in [0, 0.1) is 0 Å². The second-order valence-corrected chi connectivity index (χ2v) is 6.00. The second-order valence-electron chi connectivity index (χ2n) is 6.00. The molecule has 0 spiro atoms. The maximum Gasteiger partial charge on any atom is 0.287 e. The molecule has 0 bridgehead atoms. The first-order chi connectivity index (χ1) is 12.8. The van der Waals surface area contributed by atoms with Gasteiger partial charge in [-0.1, -0.05) is 24.3 Å². The van der Waals surface area contributed by atoms with Crippen LogP contribution in [0.3, 0.4) is 0 Å². The number of furan rings is 1. The molecule has 6 heteroatoms. The van der Waals surface area contributed by atoms with Crippen molar-refractivity contribution in [2.24, 2.45) is 0 Å². The Hall–Kier alpha value is -2.99. The molecule has 6 nitrogen and oxygen atoms in total. The average Bonchev–Trinajstić information content (AvgIpc) is 3.05. The number of carbonyl (C=O) groups is 1. The molecule has 2 aromatic carbocycles. The van der Waals surface area contributed by atoms with Crippen molar-refractivity contribution in [1.82, 2.24) is 5.32 Å². The molecule has 1 amide bonds. The van der Waals surface area contributed by atoms with E-state index in [1.165, 1.54) is 0 Å². The minimum Gasteiger partial charge on any atom is -0.486 e. The van der Waals surface area contributed by atoms with Gasteiger partial charge in [-0.05, 0) is 23.8 Å². The van der Waals surface area contributed by atoms with Crippen LogP contribution in [0.15, 0.2) is 46.9 Å². The van der Waals surface area contributed by atoms with Crippen molar-refractivity contribution in [3.05, 3.63) is 59.4 Å². The number of para-hydroxylation sites is 1. The summed E-state index contributed by atoms with van der Waals surface area (Å²) in [4.78, 5) is 12.7. The van der Waals surface area contributed by atoms with Gasteiger partial charge in [0, 0.05) is 24.6 Å². The van der Waals surface area contributed by atoms with E-state index in [9.17, 15) is 4.79 Å². The molecule has 0 aliphatic carbocycles. The van der Waals surface area contributed by atoms with E-state index in [2.05, 4.69) is 5.32 Å². The molecule has 1 aliphatic heterocycles. The summed E-state index contributed by atoms with van der Waals surface area (Å²) in [6, 6.07) is 13.2. The lowest BCUT2D eigenvalue weighted by Gasteiger charge is -2.18. The second kappa shape index (κ2) is 7.09. The van der Waals surface area contributed by atoms with Crippen LogP contribution in [0.2, 0.25) is 0 Å². The van der Waals surface area contributed by atoms with Gasteiger partial charge in [0.1, 0.15) is 18.8 Å². The van der Waals surface area contributed by atoms with Crippen molar-refractivity contribution >= 4 is 16.9 Å². The number of ether oxygens (including phenoxy) is 3. The normalized spacial score (nSPS) is 13.0. The number of methoxy groups -OCH3 is 1. The summed E-state index contributed by atoms with van der Waals surface area (Å²) < 4.78 is 22.1. The standard InChI is InChI=1S/C20H19NO5/c1-23-12-15-14-4-2-3-5-16(14)26-19(15)20(22)21-11-13-6-7-17-18(10-13)25-9-8-24-17/h2-7,10H,8-9,11-12H2,1H3,(H,21,22). The van der Waals surface area contributed by atoms with Gasteiger partial charge in [0.2, 0.25) is 0 Å². The molecule has 3 aromatic rings. The van der Waals surface area contributed by atoms with Crippen LogP contribution in [0.1, 0.15) is 21.7 Å². The Labute approximate surface area is 150 Å². The predicted molar refractivity (Wildman–Crippen MR) is 95.5 cm³/mol. The van der Waals surface area contributed by atoms with Crippen LogP contribution in [0.25, 0.3) is 11.0 Å². The Bertz CT molecular complexity index is 947. The number of hydrogen-bond acceptors (Lipinski definition) is 5. The third-order valence-electron chi connectivity index (χ3n) is 4.25. The molecule has 0 saturated carbocycles. The molecule has 1 N–H and O–H groups in total. The maximum atomic E-state index is 12.7. The van der Waals surface area contributed by atoms with Crippen molar-refractivity contribution in [2.75, 3.05) is 20.3 Å². The highest BCUT2D eigenvalue weighted by molar-refractivity contribution is 5.99. The smallest absolute Gasteiger partial charge is 0.287 e. The third kappa shape index (κ3) is 3.11. The Morgan fingerprint density at radius 1 is 1.12 bits per heavy atom.